The highest BCUT2D eigenvalue weighted by Crippen LogP contribution is 2.13. The molecule has 0 aliphatic heterocycles. The van der Waals surface area contributed by atoms with Gasteiger partial charge in [0.15, 0.2) is 0 Å². The summed E-state index contributed by atoms with van der Waals surface area (Å²) in [5.74, 6) is 0.685. The minimum atomic E-state index is 0.592. The summed E-state index contributed by atoms with van der Waals surface area (Å²) in [6.45, 7) is 7.79. The summed E-state index contributed by atoms with van der Waals surface area (Å²) in [6, 6.07) is 9.42. The molecule has 0 radical (unpaired) electrons. The van der Waals surface area contributed by atoms with Gasteiger partial charge in [0.05, 0.1) is 0 Å². The zero-order chi connectivity index (χ0) is 11.3. The van der Waals surface area contributed by atoms with Gasteiger partial charge in [0.25, 0.3) is 0 Å². The molecule has 15 heavy (non-hydrogen) atoms. The Bertz CT molecular complexity index is 281. The molecule has 0 aromatic heterocycles. The van der Waals surface area contributed by atoms with Crippen molar-refractivity contribution in [3.05, 3.63) is 33.4 Å². The molecule has 1 rings (SSSR count). The van der Waals surface area contributed by atoms with Crippen molar-refractivity contribution in [3.8, 4) is 0 Å². The van der Waals surface area contributed by atoms with Gasteiger partial charge in [-0.25, -0.2) is 0 Å². The van der Waals surface area contributed by atoms with E-state index in [1.54, 1.807) is 0 Å². The van der Waals surface area contributed by atoms with Gasteiger partial charge >= 0.3 is 0 Å². The number of hydrogen-bond donors (Lipinski definition) is 1. The number of hydrogen-bond acceptors (Lipinski definition) is 1. The molecule has 1 aromatic carbocycles. The van der Waals surface area contributed by atoms with E-state index in [-0.39, 0.29) is 0 Å². The molecule has 0 amide bonds. The maximum absolute atomic E-state index is 3.48. The highest BCUT2D eigenvalue weighted by atomic mass is 127. The summed E-state index contributed by atoms with van der Waals surface area (Å²) in [4.78, 5) is 0. The Labute approximate surface area is 107 Å². The molecule has 0 saturated carbocycles. The number of halogens is 1. The summed E-state index contributed by atoms with van der Waals surface area (Å²) in [5, 5.41) is 3.48. The molecular formula is C13H20IN. The second-order valence-corrected chi connectivity index (χ2v) is 5.40. The lowest BCUT2D eigenvalue weighted by molar-refractivity contribution is 0.406. The maximum Gasteiger partial charge on any atom is 0.0130 e. The zero-order valence-electron chi connectivity index (χ0n) is 9.76. The standard InChI is InChI=1S/C13H20IN/c1-4-15-11(3)10(2)9-12-5-7-13(14)8-6-12/h5-8,10-11,15H,4,9H2,1-3H3. The molecule has 0 bridgehead atoms. The molecule has 2 unspecified atom stereocenters. The fourth-order valence-corrected chi connectivity index (χ4v) is 2.05. The Morgan fingerprint density at radius 3 is 2.33 bits per heavy atom. The molecule has 0 fully saturated rings. The second-order valence-electron chi connectivity index (χ2n) is 4.15. The van der Waals surface area contributed by atoms with Crippen molar-refractivity contribution in [2.45, 2.75) is 33.2 Å². The van der Waals surface area contributed by atoms with Crippen LogP contribution >= 0.6 is 22.6 Å². The first kappa shape index (κ1) is 13.0. The summed E-state index contributed by atoms with van der Waals surface area (Å²) in [6.07, 6.45) is 1.16. The lowest BCUT2D eigenvalue weighted by Crippen LogP contribution is -2.32. The van der Waals surface area contributed by atoms with E-state index in [1.807, 2.05) is 0 Å². The van der Waals surface area contributed by atoms with Crippen LogP contribution in [0.2, 0.25) is 0 Å². The highest BCUT2D eigenvalue weighted by Gasteiger charge is 2.11. The minimum absolute atomic E-state index is 0.592. The Kier molecular flexibility index (Phi) is 5.61. The predicted molar refractivity (Wildman–Crippen MR) is 75.2 cm³/mol. The van der Waals surface area contributed by atoms with Gasteiger partial charge in [0, 0.05) is 9.61 Å². The topological polar surface area (TPSA) is 12.0 Å². The van der Waals surface area contributed by atoms with Gasteiger partial charge in [-0.3, -0.25) is 0 Å². The van der Waals surface area contributed by atoms with Crippen LogP contribution in [0, 0.1) is 9.49 Å². The van der Waals surface area contributed by atoms with Crippen molar-refractivity contribution in [1.82, 2.24) is 5.32 Å². The van der Waals surface area contributed by atoms with Crippen molar-refractivity contribution in [2.24, 2.45) is 5.92 Å². The van der Waals surface area contributed by atoms with E-state index in [1.165, 1.54) is 9.13 Å². The van der Waals surface area contributed by atoms with Crippen molar-refractivity contribution >= 4 is 22.6 Å². The average Bonchev–Trinajstić information content (AvgIpc) is 2.22. The largest absolute Gasteiger partial charge is 0.314 e. The smallest absolute Gasteiger partial charge is 0.0130 e. The van der Waals surface area contributed by atoms with Crippen LogP contribution in [0.3, 0.4) is 0 Å². The molecule has 1 N–H and O–H groups in total. The van der Waals surface area contributed by atoms with E-state index < -0.39 is 0 Å². The van der Waals surface area contributed by atoms with E-state index in [4.69, 9.17) is 0 Å². The first-order chi connectivity index (χ1) is 7.13. The zero-order valence-corrected chi connectivity index (χ0v) is 11.9. The molecule has 84 valence electrons. The van der Waals surface area contributed by atoms with E-state index in [2.05, 4.69) is 72.9 Å². The van der Waals surface area contributed by atoms with Crippen LogP contribution in [-0.4, -0.2) is 12.6 Å². The van der Waals surface area contributed by atoms with Crippen molar-refractivity contribution < 1.29 is 0 Å². The van der Waals surface area contributed by atoms with E-state index in [0.717, 1.165) is 13.0 Å². The van der Waals surface area contributed by atoms with Crippen molar-refractivity contribution in [3.63, 3.8) is 0 Å². The molecule has 2 atom stereocenters. The molecule has 0 aliphatic rings. The van der Waals surface area contributed by atoms with Gasteiger partial charge in [0.1, 0.15) is 0 Å². The van der Waals surface area contributed by atoms with Crippen LogP contribution in [-0.2, 0) is 6.42 Å². The Hall–Kier alpha value is -0.0900. The summed E-state index contributed by atoms with van der Waals surface area (Å²) in [7, 11) is 0. The molecule has 1 aromatic rings. The van der Waals surface area contributed by atoms with Crippen molar-refractivity contribution in [2.75, 3.05) is 6.54 Å². The molecule has 0 heterocycles. The Balaban J connectivity index is 2.50. The summed E-state index contributed by atoms with van der Waals surface area (Å²) >= 11 is 2.34. The molecule has 0 spiro atoms. The SMILES string of the molecule is CCNC(C)C(C)Cc1ccc(I)cc1. The Morgan fingerprint density at radius 1 is 1.20 bits per heavy atom. The van der Waals surface area contributed by atoms with E-state index in [9.17, 15) is 0 Å². The minimum Gasteiger partial charge on any atom is -0.314 e. The van der Waals surface area contributed by atoms with Gasteiger partial charge in [-0.05, 0) is 66.1 Å². The van der Waals surface area contributed by atoms with Crippen LogP contribution in [0.4, 0.5) is 0 Å². The summed E-state index contributed by atoms with van der Waals surface area (Å²) < 4.78 is 1.31. The fourth-order valence-electron chi connectivity index (χ4n) is 1.69. The number of nitrogens with one attached hydrogen (secondary N) is 1. The predicted octanol–water partition coefficient (Wildman–Crippen LogP) is 3.47. The van der Waals surface area contributed by atoms with Gasteiger partial charge in [-0.2, -0.15) is 0 Å². The van der Waals surface area contributed by atoms with Crippen LogP contribution in [0.1, 0.15) is 26.3 Å². The van der Waals surface area contributed by atoms with Crippen LogP contribution in [0.5, 0.6) is 0 Å². The first-order valence-corrected chi connectivity index (χ1v) is 6.69. The van der Waals surface area contributed by atoms with Crippen molar-refractivity contribution in [1.29, 1.82) is 0 Å². The normalized spacial score (nSPS) is 14.9. The average molecular weight is 317 g/mol. The molecule has 0 aliphatic carbocycles. The van der Waals surface area contributed by atoms with Gasteiger partial charge in [-0.1, -0.05) is 26.0 Å². The van der Waals surface area contributed by atoms with Crippen LogP contribution < -0.4 is 5.32 Å². The molecular weight excluding hydrogens is 297 g/mol. The summed E-state index contributed by atoms with van der Waals surface area (Å²) in [5.41, 5.74) is 1.44. The lowest BCUT2D eigenvalue weighted by atomic mass is 9.95. The second kappa shape index (κ2) is 6.48. The van der Waals surface area contributed by atoms with Crippen LogP contribution in [0.25, 0.3) is 0 Å². The van der Waals surface area contributed by atoms with E-state index in [0.29, 0.717) is 12.0 Å². The van der Waals surface area contributed by atoms with Gasteiger partial charge in [-0.15, -0.1) is 0 Å². The Morgan fingerprint density at radius 2 is 1.80 bits per heavy atom. The first-order valence-electron chi connectivity index (χ1n) is 5.61. The maximum atomic E-state index is 3.48. The third-order valence-electron chi connectivity index (χ3n) is 2.85. The molecule has 1 nitrogen and oxygen atoms in total. The van der Waals surface area contributed by atoms with E-state index >= 15 is 0 Å². The number of benzene rings is 1. The number of rotatable bonds is 5. The van der Waals surface area contributed by atoms with Crippen LogP contribution in [0.15, 0.2) is 24.3 Å². The molecule has 0 saturated heterocycles. The fraction of sp³-hybridized carbons (Fsp3) is 0.538. The quantitative estimate of drug-likeness (QED) is 0.820. The third kappa shape index (κ3) is 4.51. The highest BCUT2D eigenvalue weighted by molar-refractivity contribution is 14.1. The van der Waals surface area contributed by atoms with Gasteiger partial charge in [0.2, 0.25) is 0 Å². The monoisotopic (exact) mass is 317 g/mol. The van der Waals surface area contributed by atoms with Gasteiger partial charge < -0.3 is 5.32 Å². The lowest BCUT2D eigenvalue weighted by Gasteiger charge is -2.20. The molecule has 2 heteroatoms. The third-order valence-corrected chi connectivity index (χ3v) is 3.57.